The average Bonchev–Trinajstić information content (AvgIpc) is 2.68. The summed E-state index contributed by atoms with van der Waals surface area (Å²) in [6.45, 7) is 4.79. The van der Waals surface area contributed by atoms with E-state index in [1.807, 2.05) is 6.92 Å². The van der Waals surface area contributed by atoms with Crippen LogP contribution in [0.15, 0.2) is 0 Å². The van der Waals surface area contributed by atoms with Crippen molar-refractivity contribution in [1.82, 2.24) is 10.6 Å². The van der Waals surface area contributed by atoms with Crippen molar-refractivity contribution in [1.29, 1.82) is 0 Å². The third-order valence-corrected chi connectivity index (χ3v) is 4.95. The number of phosphoric acid groups is 1. The van der Waals surface area contributed by atoms with Gasteiger partial charge in [-0.2, -0.15) is 0 Å². The van der Waals surface area contributed by atoms with E-state index in [1.165, 1.54) is 83.5 Å². The van der Waals surface area contributed by atoms with E-state index < -0.39 is 7.82 Å². The lowest BCUT2D eigenvalue weighted by Gasteiger charge is -2.14. The van der Waals surface area contributed by atoms with Crippen LogP contribution >= 0.6 is 7.82 Å². The standard InChI is InChI=1S/C22H46N2O2.H3O4P/c1-3-4-5-6-7-8-9-10-11-12-13-14-15-16-17-18-22(26)24-21(2)23-19-20-25;1-5(2,3)4/h21,23,25H,3-20H2,1-2H3,(H,24,26);(H3,1,2,3,4). The van der Waals surface area contributed by atoms with E-state index in [1.54, 1.807) is 0 Å². The summed E-state index contributed by atoms with van der Waals surface area (Å²) >= 11 is 0. The minimum atomic E-state index is -4.64. The molecule has 0 radical (unpaired) electrons. The number of unbranched alkanes of at least 4 members (excludes halogenated alkanes) is 14. The highest BCUT2D eigenvalue weighted by Gasteiger charge is 2.05. The summed E-state index contributed by atoms with van der Waals surface area (Å²) in [6, 6.07) is 0. The van der Waals surface area contributed by atoms with Crippen LogP contribution in [0, 0.1) is 0 Å². The van der Waals surface area contributed by atoms with Gasteiger partial charge in [0, 0.05) is 13.0 Å². The molecule has 0 heterocycles. The second kappa shape index (κ2) is 24.1. The van der Waals surface area contributed by atoms with E-state index in [-0.39, 0.29) is 18.7 Å². The van der Waals surface area contributed by atoms with Crippen molar-refractivity contribution in [3.8, 4) is 0 Å². The van der Waals surface area contributed by atoms with Gasteiger partial charge >= 0.3 is 7.82 Å². The van der Waals surface area contributed by atoms with Gasteiger partial charge in [0.05, 0.1) is 12.8 Å². The fourth-order valence-corrected chi connectivity index (χ4v) is 3.30. The molecule has 1 atom stereocenters. The first-order valence-corrected chi connectivity index (χ1v) is 13.7. The number of hydrogen-bond donors (Lipinski definition) is 6. The van der Waals surface area contributed by atoms with Crippen LogP contribution in [0.1, 0.15) is 117 Å². The Kier molecular flexibility index (Phi) is 25.5. The first-order chi connectivity index (χ1) is 14.7. The molecule has 0 saturated heterocycles. The van der Waals surface area contributed by atoms with Gasteiger partial charge in [0.25, 0.3) is 0 Å². The molecule has 8 nitrogen and oxygen atoms in total. The molecule has 0 aliphatic heterocycles. The smallest absolute Gasteiger partial charge is 0.395 e. The molecule has 31 heavy (non-hydrogen) atoms. The van der Waals surface area contributed by atoms with Crippen molar-refractivity contribution >= 4 is 13.7 Å². The molecule has 0 aliphatic rings. The third kappa shape index (κ3) is 37.2. The molecule has 0 aliphatic carbocycles. The molecule has 0 bridgehead atoms. The van der Waals surface area contributed by atoms with E-state index in [4.69, 9.17) is 24.4 Å². The number of carbonyl (C=O) groups is 1. The fourth-order valence-electron chi connectivity index (χ4n) is 3.30. The molecular weight excluding hydrogens is 419 g/mol. The van der Waals surface area contributed by atoms with Crippen LogP contribution in [0.25, 0.3) is 0 Å². The van der Waals surface area contributed by atoms with Gasteiger partial charge < -0.3 is 25.1 Å². The van der Waals surface area contributed by atoms with Crippen LogP contribution in [-0.2, 0) is 9.36 Å². The summed E-state index contributed by atoms with van der Waals surface area (Å²) in [5.74, 6) is 0.109. The van der Waals surface area contributed by atoms with Crippen molar-refractivity contribution in [3.05, 3.63) is 0 Å². The van der Waals surface area contributed by atoms with Gasteiger partial charge in [-0.3, -0.25) is 10.1 Å². The Labute approximate surface area is 189 Å². The van der Waals surface area contributed by atoms with Crippen molar-refractivity contribution in [3.63, 3.8) is 0 Å². The molecule has 0 fully saturated rings. The number of aliphatic hydroxyl groups excluding tert-OH is 1. The van der Waals surface area contributed by atoms with Crippen LogP contribution < -0.4 is 10.6 Å². The summed E-state index contributed by atoms with van der Waals surface area (Å²) in [5, 5.41) is 14.7. The van der Waals surface area contributed by atoms with Crippen LogP contribution in [0.5, 0.6) is 0 Å². The zero-order valence-corrected chi connectivity index (χ0v) is 20.8. The summed E-state index contributed by atoms with van der Waals surface area (Å²) in [4.78, 5) is 33.3. The van der Waals surface area contributed by atoms with Crippen molar-refractivity contribution in [2.24, 2.45) is 0 Å². The number of hydrogen-bond acceptors (Lipinski definition) is 4. The van der Waals surface area contributed by atoms with E-state index >= 15 is 0 Å². The summed E-state index contributed by atoms with van der Waals surface area (Å²) in [7, 11) is -4.64. The van der Waals surface area contributed by atoms with E-state index in [0.29, 0.717) is 13.0 Å². The van der Waals surface area contributed by atoms with Gasteiger partial charge in [0.15, 0.2) is 0 Å². The number of carbonyl (C=O) groups excluding carboxylic acids is 1. The maximum absolute atomic E-state index is 11.7. The predicted molar refractivity (Wildman–Crippen MR) is 127 cm³/mol. The van der Waals surface area contributed by atoms with Gasteiger partial charge in [-0.1, -0.05) is 96.8 Å². The minimum absolute atomic E-state index is 0.0639. The van der Waals surface area contributed by atoms with E-state index in [2.05, 4.69) is 17.6 Å². The number of aliphatic hydroxyl groups is 1. The molecule has 1 amide bonds. The van der Waals surface area contributed by atoms with Gasteiger partial charge in [-0.25, -0.2) is 4.57 Å². The molecule has 0 saturated carbocycles. The number of amides is 1. The molecule has 0 aromatic heterocycles. The Morgan fingerprint density at radius 2 is 1.13 bits per heavy atom. The Bertz CT molecular complexity index is 426. The highest BCUT2D eigenvalue weighted by atomic mass is 31.2. The lowest BCUT2D eigenvalue weighted by atomic mass is 10.0. The van der Waals surface area contributed by atoms with E-state index in [9.17, 15) is 4.79 Å². The molecule has 0 spiro atoms. The lowest BCUT2D eigenvalue weighted by Crippen LogP contribution is -2.44. The Hall–Kier alpha value is -0.500. The van der Waals surface area contributed by atoms with Gasteiger partial charge in [-0.15, -0.1) is 0 Å². The maximum atomic E-state index is 11.7. The molecule has 188 valence electrons. The molecule has 1 unspecified atom stereocenters. The Morgan fingerprint density at radius 1 is 0.774 bits per heavy atom. The highest BCUT2D eigenvalue weighted by Crippen LogP contribution is 2.25. The molecule has 6 N–H and O–H groups in total. The molecule has 0 aromatic rings. The van der Waals surface area contributed by atoms with Crippen LogP contribution in [0.4, 0.5) is 0 Å². The number of nitrogens with one attached hydrogen (secondary N) is 2. The monoisotopic (exact) mass is 468 g/mol. The van der Waals surface area contributed by atoms with Gasteiger partial charge in [-0.05, 0) is 13.3 Å². The second-order valence-corrected chi connectivity index (χ2v) is 9.21. The SMILES string of the molecule is CCCCCCCCCCCCCCCCCC(=O)NC(C)NCCO.O=P(O)(O)O. The minimum Gasteiger partial charge on any atom is -0.395 e. The fraction of sp³-hybridized carbons (Fsp3) is 0.955. The largest absolute Gasteiger partial charge is 0.466 e. The van der Waals surface area contributed by atoms with Gasteiger partial charge in [0.2, 0.25) is 5.91 Å². The van der Waals surface area contributed by atoms with Crippen molar-refractivity contribution in [2.45, 2.75) is 123 Å². The topological polar surface area (TPSA) is 139 Å². The van der Waals surface area contributed by atoms with E-state index in [0.717, 1.165) is 12.8 Å². The molecule has 9 heteroatoms. The molecule has 0 rings (SSSR count). The summed E-state index contributed by atoms with van der Waals surface area (Å²) < 4.78 is 8.88. The number of rotatable bonds is 20. The first-order valence-electron chi connectivity index (χ1n) is 12.1. The predicted octanol–water partition coefficient (Wildman–Crippen LogP) is 4.36. The second-order valence-electron chi connectivity index (χ2n) is 8.18. The third-order valence-electron chi connectivity index (χ3n) is 4.95. The quantitative estimate of drug-likeness (QED) is 0.0886. The van der Waals surface area contributed by atoms with Crippen LogP contribution in [-0.4, -0.2) is 45.0 Å². The highest BCUT2D eigenvalue weighted by molar-refractivity contribution is 7.45. The first kappa shape index (κ1) is 32.7. The molecular formula is C22H49N2O6P. The van der Waals surface area contributed by atoms with Crippen molar-refractivity contribution in [2.75, 3.05) is 13.2 Å². The van der Waals surface area contributed by atoms with Crippen LogP contribution in [0.3, 0.4) is 0 Å². The van der Waals surface area contributed by atoms with Crippen LogP contribution in [0.2, 0.25) is 0 Å². The maximum Gasteiger partial charge on any atom is 0.466 e. The Balaban J connectivity index is 0. The summed E-state index contributed by atoms with van der Waals surface area (Å²) in [5.41, 5.74) is 0. The normalized spacial score (nSPS) is 12.2. The van der Waals surface area contributed by atoms with Gasteiger partial charge in [0.1, 0.15) is 0 Å². The average molecular weight is 469 g/mol. The summed E-state index contributed by atoms with van der Waals surface area (Å²) in [6.07, 6.45) is 20.7. The molecule has 0 aromatic carbocycles. The zero-order valence-electron chi connectivity index (χ0n) is 19.9. The Morgan fingerprint density at radius 3 is 1.48 bits per heavy atom. The lowest BCUT2D eigenvalue weighted by molar-refractivity contribution is -0.122. The van der Waals surface area contributed by atoms with Crippen molar-refractivity contribution < 1.29 is 29.1 Å². The zero-order chi connectivity index (χ0) is 23.8.